The number of fused-ring (bicyclic) bond motifs is 1. The number of benzene rings is 2. The monoisotopic (exact) mass is 500 g/mol. The topological polar surface area (TPSA) is 57.3 Å². The van der Waals surface area contributed by atoms with E-state index in [4.69, 9.17) is 0 Å². The maximum absolute atomic E-state index is 13.3. The fraction of sp³-hybridized carbons (Fsp3) is 0.519. The van der Waals surface area contributed by atoms with Crippen LogP contribution in [0.5, 0.6) is 11.5 Å². The van der Waals surface area contributed by atoms with Crippen LogP contribution >= 0.6 is 0 Å². The van der Waals surface area contributed by atoms with Crippen LogP contribution in [0.25, 0.3) is 0 Å². The SMILES string of the molecule is C[C@@H]1CN(c2ccc3c(c2)OC(F)(F)O3)CCN1C(=O)NCCC1CCN(Cc2ccccc2)CC1. The lowest BCUT2D eigenvalue weighted by Gasteiger charge is -2.41. The number of amides is 2. The third-order valence-electron chi connectivity index (χ3n) is 7.42. The van der Waals surface area contributed by atoms with Gasteiger partial charge in [-0.15, -0.1) is 8.78 Å². The Hall–Kier alpha value is -3.07. The van der Waals surface area contributed by atoms with E-state index in [2.05, 4.69) is 54.9 Å². The first kappa shape index (κ1) is 24.6. The van der Waals surface area contributed by atoms with E-state index in [0.717, 1.165) is 31.7 Å². The van der Waals surface area contributed by atoms with Crippen LogP contribution in [0.3, 0.4) is 0 Å². The lowest BCUT2D eigenvalue weighted by Crippen LogP contribution is -2.56. The average Bonchev–Trinajstić information content (AvgIpc) is 3.18. The number of nitrogens with one attached hydrogen (secondary N) is 1. The van der Waals surface area contributed by atoms with Gasteiger partial charge in [0.15, 0.2) is 11.5 Å². The highest BCUT2D eigenvalue weighted by Gasteiger charge is 2.43. The molecule has 2 amide bonds. The van der Waals surface area contributed by atoms with E-state index in [9.17, 15) is 13.6 Å². The number of anilines is 1. The zero-order valence-corrected chi connectivity index (χ0v) is 20.7. The summed E-state index contributed by atoms with van der Waals surface area (Å²) in [5, 5.41) is 3.11. The Morgan fingerprint density at radius 2 is 1.78 bits per heavy atom. The molecule has 0 spiro atoms. The number of piperidine rings is 1. The van der Waals surface area contributed by atoms with Crippen molar-refractivity contribution in [2.75, 3.05) is 44.2 Å². The second kappa shape index (κ2) is 10.5. The van der Waals surface area contributed by atoms with Crippen LogP contribution < -0.4 is 19.7 Å². The van der Waals surface area contributed by atoms with Crippen molar-refractivity contribution in [1.29, 1.82) is 0 Å². The Balaban J connectivity index is 1.03. The summed E-state index contributed by atoms with van der Waals surface area (Å²) in [7, 11) is 0. The maximum Gasteiger partial charge on any atom is 0.586 e. The zero-order chi connectivity index (χ0) is 25.1. The molecule has 3 aliphatic rings. The molecule has 5 rings (SSSR count). The minimum atomic E-state index is -3.62. The molecule has 9 heteroatoms. The highest BCUT2D eigenvalue weighted by atomic mass is 19.3. The molecule has 0 aliphatic carbocycles. The number of carbonyl (C=O) groups is 1. The molecule has 3 heterocycles. The van der Waals surface area contributed by atoms with Crippen LogP contribution in [0.2, 0.25) is 0 Å². The number of carbonyl (C=O) groups excluding carboxylic acids is 1. The van der Waals surface area contributed by atoms with Gasteiger partial charge in [0.05, 0.1) is 0 Å². The third kappa shape index (κ3) is 5.83. The minimum Gasteiger partial charge on any atom is -0.395 e. The number of urea groups is 1. The van der Waals surface area contributed by atoms with Gasteiger partial charge >= 0.3 is 12.3 Å². The second-order valence-corrected chi connectivity index (χ2v) is 10.0. The molecule has 7 nitrogen and oxygen atoms in total. The van der Waals surface area contributed by atoms with Gasteiger partial charge in [0.1, 0.15) is 0 Å². The molecule has 2 fully saturated rings. The lowest BCUT2D eigenvalue weighted by atomic mass is 9.93. The molecule has 0 bridgehead atoms. The van der Waals surface area contributed by atoms with Crippen molar-refractivity contribution in [2.24, 2.45) is 5.92 Å². The van der Waals surface area contributed by atoms with E-state index >= 15 is 0 Å². The number of rotatable bonds is 6. The van der Waals surface area contributed by atoms with E-state index < -0.39 is 6.29 Å². The number of hydrogen-bond acceptors (Lipinski definition) is 5. The second-order valence-electron chi connectivity index (χ2n) is 10.0. The largest absolute Gasteiger partial charge is 0.586 e. The van der Waals surface area contributed by atoms with Crippen molar-refractivity contribution in [2.45, 2.75) is 45.1 Å². The smallest absolute Gasteiger partial charge is 0.395 e. The molecular formula is C27H34F2N4O3. The summed E-state index contributed by atoms with van der Waals surface area (Å²) >= 11 is 0. The first-order valence-electron chi connectivity index (χ1n) is 12.8. The van der Waals surface area contributed by atoms with Crippen molar-refractivity contribution in [3.05, 3.63) is 54.1 Å². The molecule has 3 aliphatic heterocycles. The van der Waals surface area contributed by atoms with Crippen LogP contribution in [0.1, 0.15) is 31.7 Å². The molecule has 2 aromatic rings. The first-order valence-corrected chi connectivity index (χ1v) is 12.8. The molecule has 36 heavy (non-hydrogen) atoms. The normalized spacial score (nSPS) is 22.0. The van der Waals surface area contributed by atoms with Crippen LogP contribution in [0.4, 0.5) is 19.3 Å². The highest BCUT2D eigenvalue weighted by molar-refractivity contribution is 5.75. The van der Waals surface area contributed by atoms with Gasteiger partial charge in [0.2, 0.25) is 0 Å². The van der Waals surface area contributed by atoms with E-state index in [1.165, 1.54) is 24.5 Å². The van der Waals surface area contributed by atoms with Crippen molar-refractivity contribution >= 4 is 11.7 Å². The molecule has 0 radical (unpaired) electrons. The number of piperazine rings is 1. The quantitative estimate of drug-likeness (QED) is 0.632. The Bertz CT molecular complexity index is 1050. The van der Waals surface area contributed by atoms with Gasteiger partial charge in [0, 0.05) is 50.5 Å². The summed E-state index contributed by atoms with van der Waals surface area (Å²) in [5.74, 6) is 0.720. The van der Waals surface area contributed by atoms with E-state index in [1.54, 1.807) is 12.1 Å². The Kier molecular flexibility index (Phi) is 7.18. The first-order chi connectivity index (χ1) is 17.4. The fourth-order valence-corrected chi connectivity index (χ4v) is 5.39. The van der Waals surface area contributed by atoms with Crippen LogP contribution in [0.15, 0.2) is 48.5 Å². The summed E-state index contributed by atoms with van der Waals surface area (Å²) in [6.07, 6.45) is -0.288. The van der Waals surface area contributed by atoms with E-state index in [0.29, 0.717) is 32.1 Å². The van der Waals surface area contributed by atoms with Gasteiger partial charge in [-0.2, -0.15) is 0 Å². The van der Waals surface area contributed by atoms with Crippen LogP contribution in [0, 0.1) is 5.92 Å². The third-order valence-corrected chi connectivity index (χ3v) is 7.42. The summed E-state index contributed by atoms with van der Waals surface area (Å²) in [6.45, 7) is 7.70. The number of likely N-dealkylation sites (tertiary alicyclic amines) is 1. The fourth-order valence-electron chi connectivity index (χ4n) is 5.39. The Morgan fingerprint density at radius 1 is 1.03 bits per heavy atom. The number of ether oxygens (including phenoxy) is 2. The molecule has 1 N–H and O–H groups in total. The summed E-state index contributed by atoms with van der Waals surface area (Å²) < 4.78 is 35.7. The molecule has 2 saturated heterocycles. The van der Waals surface area contributed by atoms with E-state index in [-0.39, 0.29) is 23.6 Å². The molecule has 0 aromatic heterocycles. The minimum absolute atomic E-state index is 0.00756. The molecule has 2 aromatic carbocycles. The molecule has 0 saturated carbocycles. The highest BCUT2D eigenvalue weighted by Crippen LogP contribution is 2.43. The van der Waals surface area contributed by atoms with Gasteiger partial charge in [-0.05, 0) is 62.9 Å². The zero-order valence-electron chi connectivity index (χ0n) is 20.7. The van der Waals surface area contributed by atoms with Gasteiger partial charge in [0.25, 0.3) is 0 Å². The average molecular weight is 501 g/mol. The Morgan fingerprint density at radius 3 is 2.53 bits per heavy atom. The lowest BCUT2D eigenvalue weighted by molar-refractivity contribution is -0.286. The van der Waals surface area contributed by atoms with Crippen molar-refractivity contribution in [3.8, 4) is 11.5 Å². The van der Waals surface area contributed by atoms with Gasteiger partial charge < -0.3 is 24.6 Å². The predicted octanol–water partition coefficient (Wildman–Crippen LogP) is 4.53. The standard InChI is InChI=1S/C27H34F2N4O3/c1-20-18-32(23-7-8-24-25(17-23)36-27(28,29)35-24)15-16-33(20)26(34)30-12-9-21-10-13-31(14-11-21)19-22-5-3-2-4-6-22/h2-8,17,20-21H,9-16,18-19H2,1H3,(H,30,34)/t20-/m1/s1. The van der Waals surface area contributed by atoms with Gasteiger partial charge in [-0.25, -0.2) is 4.79 Å². The molecular weight excluding hydrogens is 466 g/mol. The van der Waals surface area contributed by atoms with E-state index in [1.807, 2.05) is 11.8 Å². The van der Waals surface area contributed by atoms with Crippen molar-refractivity contribution in [3.63, 3.8) is 0 Å². The van der Waals surface area contributed by atoms with Crippen molar-refractivity contribution in [1.82, 2.24) is 15.1 Å². The van der Waals surface area contributed by atoms with Gasteiger partial charge in [-0.1, -0.05) is 30.3 Å². The van der Waals surface area contributed by atoms with Crippen LogP contribution in [-0.4, -0.2) is 67.4 Å². The Labute approximate surface area is 210 Å². The molecule has 1 atom stereocenters. The molecule has 194 valence electrons. The number of hydrogen-bond donors (Lipinski definition) is 1. The summed E-state index contributed by atoms with van der Waals surface area (Å²) in [5.41, 5.74) is 2.14. The van der Waals surface area contributed by atoms with Crippen molar-refractivity contribution < 1.29 is 23.0 Å². The summed E-state index contributed by atoms with van der Waals surface area (Å²) in [4.78, 5) is 19.3. The van der Waals surface area contributed by atoms with Crippen LogP contribution in [-0.2, 0) is 6.54 Å². The number of alkyl halides is 2. The maximum atomic E-state index is 13.3. The number of halogens is 2. The molecule has 0 unspecified atom stereocenters. The number of nitrogens with zero attached hydrogens (tertiary/aromatic N) is 3. The predicted molar refractivity (Wildman–Crippen MR) is 133 cm³/mol. The van der Waals surface area contributed by atoms with Gasteiger partial charge in [-0.3, -0.25) is 4.90 Å². The summed E-state index contributed by atoms with van der Waals surface area (Å²) in [6, 6.07) is 15.4.